The maximum atomic E-state index is 13.9. The van der Waals surface area contributed by atoms with E-state index in [1.54, 1.807) is 15.9 Å². The van der Waals surface area contributed by atoms with Crippen molar-refractivity contribution in [1.29, 1.82) is 0 Å². The molecule has 3 amide bonds. The molecule has 32 heavy (non-hydrogen) atoms. The fraction of sp³-hybridized carbons (Fsp3) is 0.625. The smallest absolute Gasteiger partial charge is 0.253 e. The van der Waals surface area contributed by atoms with E-state index >= 15 is 0 Å². The molecule has 1 saturated heterocycles. The third kappa shape index (κ3) is 4.37. The monoisotopic (exact) mass is 462 g/mol. The van der Waals surface area contributed by atoms with Gasteiger partial charge >= 0.3 is 0 Å². The van der Waals surface area contributed by atoms with Gasteiger partial charge in [0.25, 0.3) is 5.91 Å². The predicted octanol–water partition coefficient (Wildman–Crippen LogP) is 2.40. The summed E-state index contributed by atoms with van der Waals surface area (Å²) in [5.41, 5.74) is 0.388. The molecule has 7 nitrogen and oxygen atoms in total. The molecule has 0 radical (unpaired) electrons. The molecule has 2 heterocycles. The Balaban J connectivity index is 0.00000289. The summed E-state index contributed by atoms with van der Waals surface area (Å²) < 4.78 is 0. The zero-order valence-electron chi connectivity index (χ0n) is 19.5. The molecule has 0 bridgehead atoms. The van der Waals surface area contributed by atoms with Crippen molar-refractivity contribution in [3.05, 3.63) is 29.8 Å². The van der Waals surface area contributed by atoms with Gasteiger partial charge in [0.15, 0.2) is 0 Å². The Morgan fingerprint density at radius 3 is 2.50 bits per heavy atom. The zero-order valence-corrected chi connectivity index (χ0v) is 20.3. The lowest BCUT2D eigenvalue weighted by molar-refractivity contribution is -0.132. The van der Waals surface area contributed by atoms with E-state index in [1.165, 1.54) is 0 Å². The summed E-state index contributed by atoms with van der Waals surface area (Å²) in [6, 6.07) is 7.31. The molecule has 1 aromatic carbocycles. The van der Waals surface area contributed by atoms with Crippen LogP contribution in [0.5, 0.6) is 0 Å². The number of para-hydroxylation sites is 1. The van der Waals surface area contributed by atoms with Crippen LogP contribution in [0.4, 0.5) is 5.69 Å². The van der Waals surface area contributed by atoms with Crippen LogP contribution in [0.3, 0.4) is 0 Å². The van der Waals surface area contributed by atoms with Crippen molar-refractivity contribution in [2.75, 3.05) is 44.2 Å². The van der Waals surface area contributed by atoms with Crippen LogP contribution in [0.15, 0.2) is 24.3 Å². The summed E-state index contributed by atoms with van der Waals surface area (Å²) >= 11 is 0. The van der Waals surface area contributed by atoms with Crippen LogP contribution < -0.4 is 10.2 Å². The van der Waals surface area contributed by atoms with E-state index in [0.29, 0.717) is 36.8 Å². The first-order chi connectivity index (χ1) is 14.8. The minimum absolute atomic E-state index is 0. The standard InChI is InChI=1S/C24H34N4O3.ClH/c1-5-26(6-2)11-12-28-20-10-8-7-9-17(20)21(29)25-24(4)15-27(14-19(24)23(28)31)22(30)18-13-16(18)3;/h7-10,16,18-19H,5-6,11-15H2,1-4H3,(H,25,29);1H/t16?,18?,19-,24-;/m0./s1. The van der Waals surface area contributed by atoms with Crippen LogP contribution in [0, 0.1) is 17.8 Å². The van der Waals surface area contributed by atoms with Crippen LogP contribution in [-0.2, 0) is 9.59 Å². The molecule has 4 atom stereocenters. The Kier molecular flexibility index (Phi) is 7.20. The van der Waals surface area contributed by atoms with Gasteiger partial charge in [-0.15, -0.1) is 12.4 Å². The molecule has 2 fully saturated rings. The lowest BCUT2D eigenvalue weighted by Gasteiger charge is -2.38. The molecule has 2 unspecified atom stereocenters. The number of amides is 3. The predicted molar refractivity (Wildman–Crippen MR) is 127 cm³/mol. The second kappa shape index (κ2) is 9.40. The molecule has 8 heteroatoms. The number of nitrogens with one attached hydrogen (secondary N) is 1. The van der Waals surface area contributed by atoms with Gasteiger partial charge in [-0.05, 0) is 44.5 Å². The molecule has 1 aromatic rings. The highest BCUT2D eigenvalue weighted by atomic mass is 35.5. The van der Waals surface area contributed by atoms with Crippen molar-refractivity contribution in [2.45, 2.75) is 39.7 Å². The summed E-state index contributed by atoms with van der Waals surface area (Å²) in [5.74, 6) is -0.0588. The number of likely N-dealkylation sites (tertiary alicyclic amines) is 1. The van der Waals surface area contributed by atoms with E-state index in [0.717, 1.165) is 26.1 Å². The Hall–Kier alpha value is -2.12. The average Bonchev–Trinajstić information content (AvgIpc) is 3.39. The number of hydrogen-bond acceptors (Lipinski definition) is 4. The number of halogens is 1. The van der Waals surface area contributed by atoms with Crippen LogP contribution in [0.25, 0.3) is 0 Å². The number of rotatable bonds is 6. The highest BCUT2D eigenvalue weighted by Gasteiger charge is 2.54. The van der Waals surface area contributed by atoms with Gasteiger partial charge in [-0.1, -0.05) is 32.9 Å². The number of fused-ring (bicyclic) bond motifs is 2. The SMILES string of the molecule is CCN(CC)CCN1C(=O)[C@@H]2CN(C(=O)C3CC3C)C[C@]2(C)NC(=O)c2ccccc21.Cl. The first kappa shape index (κ1) is 24.5. The quantitative estimate of drug-likeness (QED) is 0.704. The van der Waals surface area contributed by atoms with Crippen molar-refractivity contribution in [1.82, 2.24) is 15.1 Å². The van der Waals surface area contributed by atoms with E-state index in [2.05, 4.69) is 31.0 Å². The Labute approximate surface area is 196 Å². The zero-order chi connectivity index (χ0) is 22.3. The number of hydrogen-bond donors (Lipinski definition) is 1. The van der Waals surface area contributed by atoms with Crippen LogP contribution in [0.2, 0.25) is 0 Å². The normalized spacial score (nSPS) is 29.0. The van der Waals surface area contributed by atoms with Gasteiger partial charge in [-0.2, -0.15) is 0 Å². The second-order valence-corrected chi connectivity index (χ2v) is 9.50. The fourth-order valence-corrected chi connectivity index (χ4v) is 5.09. The molecule has 0 aromatic heterocycles. The Morgan fingerprint density at radius 1 is 1.22 bits per heavy atom. The molecular formula is C24H35ClN4O3. The number of carbonyl (C=O) groups is 3. The summed E-state index contributed by atoms with van der Waals surface area (Å²) in [7, 11) is 0. The van der Waals surface area contributed by atoms with E-state index in [4.69, 9.17) is 0 Å². The molecule has 1 saturated carbocycles. The minimum atomic E-state index is -0.775. The lowest BCUT2D eigenvalue weighted by Crippen LogP contribution is -2.59. The van der Waals surface area contributed by atoms with Crippen molar-refractivity contribution >= 4 is 35.8 Å². The number of benzene rings is 1. The van der Waals surface area contributed by atoms with Gasteiger partial charge < -0.3 is 20.0 Å². The number of nitrogens with zero attached hydrogens (tertiary/aromatic N) is 3. The molecule has 4 rings (SSSR count). The highest BCUT2D eigenvalue weighted by Crippen LogP contribution is 2.42. The van der Waals surface area contributed by atoms with E-state index in [-0.39, 0.29) is 36.0 Å². The van der Waals surface area contributed by atoms with Crippen LogP contribution in [0.1, 0.15) is 44.5 Å². The van der Waals surface area contributed by atoms with Crippen molar-refractivity contribution < 1.29 is 14.4 Å². The highest BCUT2D eigenvalue weighted by molar-refractivity contribution is 6.08. The second-order valence-electron chi connectivity index (χ2n) is 9.50. The van der Waals surface area contributed by atoms with E-state index in [1.807, 2.05) is 25.1 Å². The van der Waals surface area contributed by atoms with Gasteiger partial charge in [0.2, 0.25) is 11.8 Å². The topological polar surface area (TPSA) is 73.0 Å². The number of carbonyl (C=O) groups excluding carboxylic acids is 3. The molecular weight excluding hydrogens is 428 g/mol. The molecule has 1 aliphatic carbocycles. The summed E-state index contributed by atoms with van der Waals surface area (Å²) in [6.07, 6.45) is 0.915. The molecule has 0 spiro atoms. The van der Waals surface area contributed by atoms with Gasteiger partial charge in [-0.3, -0.25) is 14.4 Å². The number of anilines is 1. The van der Waals surface area contributed by atoms with Gasteiger partial charge in [-0.25, -0.2) is 0 Å². The molecule has 176 valence electrons. The lowest BCUT2D eigenvalue weighted by atomic mass is 9.86. The summed E-state index contributed by atoms with van der Waals surface area (Å²) in [6.45, 7) is 12.0. The van der Waals surface area contributed by atoms with Crippen molar-refractivity contribution in [2.24, 2.45) is 17.8 Å². The fourth-order valence-electron chi connectivity index (χ4n) is 5.09. The maximum absolute atomic E-state index is 13.9. The molecule has 1 N–H and O–H groups in total. The van der Waals surface area contributed by atoms with Crippen LogP contribution >= 0.6 is 12.4 Å². The Bertz CT molecular complexity index is 890. The molecule has 2 aliphatic heterocycles. The summed E-state index contributed by atoms with van der Waals surface area (Å²) in [5, 5.41) is 3.12. The number of likely N-dealkylation sites (N-methyl/N-ethyl adjacent to an activating group) is 1. The van der Waals surface area contributed by atoms with Crippen molar-refractivity contribution in [3.8, 4) is 0 Å². The van der Waals surface area contributed by atoms with Crippen molar-refractivity contribution in [3.63, 3.8) is 0 Å². The van der Waals surface area contributed by atoms with Gasteiger partial charge in [0.1, 0.15) is 0 Å². The largest absolute Gasteiger partial charge is 0.344 e. The van der Waals surface area contributed by atoms with Gasteiger partial charge in [0.05, 0.1) is 22.7 Å². The third-order valence-corrected chi connectivity index (χ3v) is 7.37. The minimum Gasteiger partial charge on any atom is -0.344 e. The first-order valence-electron chi connectivity index (χ1n) is 11.5. The van der Waals surface area contributed by atoms with Crippen LogP contribution in [-0.4, -0.2) is 72.3 Å². The maximum Gasteiger partial charge on any atom is 0.253 e. The third-order valence-electron chi connectivity index (χ3n) is 7.37. The van der Waals surface area contributed by atoms with E-state index in [9.17, 15) is 14.4 Å². The van der Waals surface area contributed by atoms with E-state index < -0.39 is 11.5 Å². The van der Waals surface area contributed by atoms with Gasteiger partial charge in [0, 0.05) is 32.1 Å². The molecule has 3 aliphatic rings. The summed E-state index contributed by atoms with van der Waals surface area (Å²) in [4.78, 5) is 45.9. The Morgan fingerprint density at radius 2 is 1.88 bits per heavy atom. The average molecular weight is 463 g/mol. The first-order valence-corrected chi connectivity index (χ1v) is 11.5.